The maximum atomic E-state index is 11.4. The number of benzene rings is 2. The highest BCUT2D eigenvalue weighted by atomic mass is 32.2. The Hall–Kier alpha value is -2.87. The molecule has 0 N–H and O–H groups in total. The molecule has 7 nitrogen and oxygen atoms in total. The lowest BCUT2D eigenvalue weighted by molar-refractivity contribution is 0.287. The Morgan fingerprint density at radius 2 is 1.64 bits per heavy atom. The smallest absolute Gasteiger partial charge is 0.258 e. The second-order valence-electron chi connectivity index (χ2n) is 5.28. The summed E-state index contributed by atoms with van der Waals surface area (Å²) in [5, 5.41) is 3.87. The van der Waals surface area contributed by atoms with Gasteiger partial charge in [0.2, 0.25) is 5.82 Å². The summed E-state index contributed by atoms with van der Waals surface area (Å²) >= 11 is 0. The van der Waals surface area contributed by atoms with Gasteiger partial charge in [0.1, 0.15) is 11.5 Å². The monoisotopic (exact) mass is 360 g/mol. The average molecular weight is 360 g/mol. The molecular weight excluding hydrogens is 344 g/mol. The van der Waals surface area contributed by atoms with Crippen molar-refractivity contribution in [2.45, 2.75) is 11.5 Å². The van der Waals surface area contributed by atoms with Gasteiger partial charge >= 0.3 is 0 Å². The zero-order chi connectivity index (χ0) is 17.9. The molecule has 0 radical (unpaired) electrons. The molecule has 0 saturated heterocycles. The highest BCUT2D eigenvalue weighted by Gasteiger charge is 2.10. The number of hydrogen-bond acceptors (Lipinski definition) is 7. The Balaban J connectivity index is 1.65. The number of aromatic nitrogens is 2. The first-order chi connectivity index (χ1) is 12.0. The van der Waals surface area contributed by atoms with Gasteiger partial charge in [-0.05, 0) is 48.5 Å². The number of ether oxygens (including phenoxy) is 2. The third-order valence-corrected chi connectivity index (χ3v) is 4.55. The first kappa shape index (κ1) is 17.0. The van der Waals surface area contributed by atoms with Gasteiger partial charge in [0.05, 0.1) is 12.0 Å². The molecule has 0 spiro atoms. The Bertz CT molecular complexity index is 947. The van der Waals surface area contributed by atoms with E-state index in [0.29, 0.717) is 17.5 Å². The van der Waals surface area contributed by atoms with Gasteiger partial charge in [-0.15, -0.1) is 0 Å². The van der Waals surface area contributed by atoms with Crippen molar-refractivity contribution in [1.29, 1.82) is 0 Å². The number of methoxy groups -OCH3 is 1. The molecule has 0 unspecified atom stereocenters. The molecule has 2 aromatic carbocycles. The van der Waals surface area contributed by atoms with Crippen LogP contribution < -0.4 is 9.47 Å². The zero-order valence-electron chi connectivity index (χ0n) is 13.7. The summed E-state index contributed by atoms with van der Waals surface area (Å²) in [6.07, 6.45) is 1.16. The van der Waals surface area contributed by atoms with Crippen molar-refractivity contribution >= 4 is 9.84 Å². The van der Waals surface area contributed by atoms with Crippen molar-refractivity contribution < 1.29 is 22.4 Å². The second kappa shape index (κ2) is 6.94. The van der Waals surface area contributed by atoms with Crippen molar-refractivity contribution in [3.05, 3.63) is 54.4 Å². The van der Waals surface area contributed by atoms with Crippen LogP contribution in [0, 0.1) is 0 Å². The molecule has 25 heavy (non-hydrogen) atoms. The van der Waals surface area contributed by atoms with Gasteiger partial charge in [-0.25, -0.2) is 8.42 Å². The van der Waals surface area contributed by atoms with E-state index in [1.165, 1.54) is 12.1 Å². The predicted molar refractivity (Wildman–Crippen MR) is 90.2 cm³/mol. The van der Waals surface area contributed by atoms with Crippen LogP contribution in [-0.4, -0.2) is 31.9 Å². The lowest BCUT2D eigenvalue weighted by atomic mass is 10.2. The number of sulfone groups is 1. The van der Waals surface area contributed by atoms with Crippen molar-refractivity contribution in [2.24, 2.45) is 0 Å². The summed E-state index contributed by atoms with van der Waals surface area (Å²) in [5.41, 5.74) is 0.775. The van der Waals surface area contributed by atoms with E-state index in [1.54, 1.807) is 31.4 Å². The summed E-state index contributed by atoms with van der Waals surface area (Å²) in [6, 6.07) is 13.4. The average Bonchev–Trinajstić information content (AvgIpc) is 3.09. The SMILES string of the molecule is COc1ccc(-c2nc(COc3ccc(S(C)(=O)=O)cc3)no2)cc1. The molecule has 0 aliphatic carbocycles. The minimum Gasteiger partial charge on any atom is -0.497 e. The van der Waals surface area contributed by atoms with E-state index in [9.17, 15) is 8.42 Å². The van der Waals surface area contributed by atoms with Crippen LogP contribution in [0.5, 0.6) is 11.5 Å². The molecule has 0 fully saturated rings. The van der Waals surface area contributed by atoms with Gasteiger partial charge in [-0.1, -0.05) is 5.16 Å². The van der Waals surface area contributed by atoms with Crippen LogP contribution in [0.15, 0.2) is 57.9 Å². The molecule has 1 heterocycles. The molecule has 0 atom stereocenters. The fourth-order valence-corrected chi connectivity index (χ4v) is 2.72. The van der Waals surface area contributed by atoms with E-state index in [2.05, 4.69) is 10.1 Å². The molecule has 130 valence electrons. The quantitative estimate of drug-likeness (QED) is 0.667. The Labute approximate surface area is 145 Å². The van der Waals surface area contributed by atoms with E-state index in [1.807, 2.05) is 12.1 Å². The van der Waals surface area contributed by atoms with Crippen LogP contribution in [0.4, 0.5) is 0 Å². The molecule has 1 aromatic heterocycles. The van der Waals surface area contributed by atoms with Crippen LogP contribution in [-0.2, 0) is 16.4 Å². The summed E-state index contributed by atoms with van der Waals surface area (Å²) in [6.45, 7) is 0.109. The Kier molecular flexibility index (Phi) is 4.71. The first-order valence-electron chi connectivity index (χ1n) is 7.35. The minimum atomic E-state index is -3.22. The molecule has 0 amide bonds. The van der Waals surface area contributed by atoms with Crippen LogP contribution in [0.1, 0.15) is 5.82 Å². The largest absolute Gasteiger partial charge is 0.497 e. The van der Waals surface area contributed by atoms with Crippen LogP contribution in [0.2, 0.25) is 0 Å². The van der Waals surface area contributed by atoms with Crippen molar-refractivity contribution in [3.63, 3.8) is 0 Å². The lowest BCUT2D eigenvalue weighted by Crippen LogP contribution is -1.99. The van der Waals surface area contributed by atoms with Gasteiger partial charge in [0, 0.05) is 11.8 Å². The van der Waals surface area contributed by atoms with E-state index in [4.69, 9.17) is 14.0 Å². The van der Waals surface area contributed by atoms with Gasteiger partial charge in [0.25, 0.3) is 5.89 Å². The molecule has 8 heteroatoms. The van der Waals surface area contributed by atoms with Crippen LogP contribution in [0.3, 0.4) is 0 Å². The molecule has 0 aliphatic heterocycles. The van der Waals surface area contributed by atoms with Crippen LogP contribution in [0.25, 0.3) is 11.5 Å². The highest BCUT2D eigenvalue weighted by Crippen LogP contribution is 2.21. The van der Waals surface area contributed by atoms with Gasteiger partial charge in [-0.3, -0.25) is 0 Å². The van der Waals surface area contributed by atoms with Crippen molar-refractivity contribution in [2.75, 3.05) is 13.4 Å². The standard InChI is InChI=1S/C17H16N2O5S/c1-22-13-5-3-12(4-6-13)17-18-16(19-24-17)11-23-14-7-9-15(10-8-14)25(2,20)21/h3-10H,11H2,1-2H3. The molecule has 3 rings (SSSR count). The normalized spacial score (nSPS) is 11.3. The number of rotatable bonds is 6. The predicted octanol–water partition coefficient (Wildman–Crippen LogP) is 2.73. The lowest BCUT2D eigenvalue weighted by Gasteiger charge is -2.04. The topological polar surface area (TPSA) is 91.5 Å². The number of hydrogen-bond donors (Lipinski definition) is 0. The van der Waals surface area contributed by atoms with Crippen molar-refractivity contribution in [1.82, 2.24) is 10.1 Å². The molecule has 0 saturated carbocycles. The fourth-order valence-electron chi connectivity index (χ4n) is 2.09. The van der Waals surface area contributed by atoms with Gasteiger partial charge in [-0.2, -0.15) is 4.98 Å². The van der Waals surface area contributed by atoms with E-state index in [0.717, 1.165) is 17.6 Å². The van der Waals surface area contributed by atoms with Crippen molar-refractivity contribution in [3.8, 4) is 23.0 Å². The van der Waals surface area contributed by atoms with E-state index < -0.39 is 9.84 Å². The van der Waals surface area contributed by atoms with Gasteiger partial charge < -0.3 is 14.0 Å². The van der Waals surface area contributed by atoms with E-state index >= 15 is 0 Å². The Morgan fingerprint density at radius 1 is 1.00 bits per heavy atom. The third kappa shape index (κ3) is 4.16. The maximum Gasteiger partial charge on any atom is 0.258 e. The second-order valence-corrected chi connectivity index (χ2v) is 7.29. The molecular formula is C17H16N2O5S. The summed E-state index contributed by atoms with van der Waals surface area (Å²) in [4.78, 5) is 4.51. The van der Waals surface area contributed by atoms with Gasteiger partial charge in [0.15, 0.2) is 16.4 Å². The third-order valence-electron chi connectivity index (χ3n) is 3.42. The highest BCUT2D eigenvalue weighted by molar-refractivity contribution is 7.90. The van der Waals surface area contributed by atoms with Crippen LogP contribution >= 0.6 is 0 Å². The first-order valence-corrected chi connectivity index (χ1v) is 9.25. The Morgan fingerprint density at radius 3 is 2.24 bits per heavy atom. The minimum absolute atomic E-state index is 0.109. The fraction of sp³-hybridized carbons (Fsp3) is 0.176. The maximum absolute atomic E-state index is 11.4. The molecule has 3 aromatic rings. The zero-order valence-corrected chi connectivity index (χ0v) is 14.5. The molecule has 0 bridgehead atoms. The molecule has 0 aliphatic rings. The summed E-state index contributed by atoms with van der Waals surface area (Å²) in [5.74, 6) is 2.03. The number of nitrogens with zero attached hydrogens (tertiary/aromatic N) is 2. The summed E-state index contributed by atoms with van der Waals surface area (Å²) in [7, 11) is -1.63. The summed E-state index contributed by atoms with van der Waals surface area (Å²) < 4.78 is 38.7. The van der Waals surface area contributed by atoms with E-state index in [-0.39, 0.29) is 11.5 Å².